The Labute approximate surface area is 134 Å². The average molecular weight is 325 g/mol. The Morgan fingerprint density at radius 1 is 1.41 bits per heavy atom. The third-order valence-corrected chi connectivity index (χ3v) is 4.92. The summed E-state index contributed by atoms with van der Waals surface area (Å²) in [6, 6.07) is 0. The molecule has 0 aliphatic carbocycles. The fraction of sp³-hybridized carbons (Fsp3) is 0.667. The zero-order chi connectivity index (χ0) is 16.1. The second-order valence-corrected chi connectivity index (χ2v) is 6.61. The largest absolute Gasteiger partial charge is 0.493 e. The maximum absolute atomic E-state index is 12.1. The molecule has 1 aromatic rings. The molecule has 1 aliphatic heterocycles. The number of aromatic amines is 1. The number of carbonyl (C=O) groups excluding carboxylic acids is 1. The first-order valence-electron chi connectivity index (χ1n) is 7.76. The van der Waals surface area contributed by atoms with Crippen molar-refractivity contribution in [3.05, 3.63) is 15.9 Å². The lowest BCUT2D eigenvalue weighted by atomic mass is 10.0. The highest BCUT2D eigenvalue weighted by Crippen LogP contribution is 2.24. The monoisotopic (exact) mass is 325 g/mol. The fourth-order valence-electron chi connectivity index (χ4n) is 2.53. The van der Waals surface area contributed by atoms with Crippen LogP contribution in [0.25, 0.3) is 0 Å². The van der Waals surface area contributed by atoms with Gasteiger partial charge in [-0.1, -0.05) is 25.6 Å². The fourth-order valence-corrected chi connectivity index (χ4v) is 3.29. The van der Waals surface area contributed by atoms with E-state index >= 15 is 0 Å². The molecule has 1 fully saturated rings. The van der Waals surface area contributed by atoms with Crippen LogP contribution in [-0.4, -0.2) is 44.7 Å². The number of thioether (sulfide) groups is 1. The van der Waals surface area contributed by atoms with Crippen LogP contribution in [0.3, 0.4) is 0 Å². The SMILES string of the molecule is CC[C@H](C)c1c(O)nc(SCC(=O)N2CCCCC2)[nH]c1=O. The van der Waals surface area contributed by atoms with E-state index in [1.165, 1.54) is 6.42 Å². The lowest BCUT2D eigenvalue weighted by Gasteiger charge is -2.26. The van der Waals surface area contributed by atoms with Gasteiger partial charge in [0.1, 0.15) is 0 Å². The van der Waals surface area contributed by atoms with Gasteiger partial charge in [-0.3, -0.25) is 9.59 Å². The first-order chi connectivity index (χ1) is 10.5. The van der Waals surface area contributed by atoms with Crippen LogP contribution in [0.5, 0.6) is 5.88 Å². The van der Waals surface area contributed by atoms with E-state index in [2.05, 4.69) is 9.97 Å². The van der Waals surface area contributed by atoms with Crippen molar-refractivity contribution in [2.75, 3.05) is 18.8 Å². The van der Waals surface area contributed by atoms with E-state index in [0.29, 0.717) is 10.7 Å². The molecule has 2 N–H and O–H groups in total. The van der Waals surface area contributed by atoms with Gasteiger partial charge in [0.25, 0.3) is 5.56 Å². The molecule has 1 amide bonds. The normalized spacial score (nSPS) is 16.5. The second-order valence-electron chi connectivity index (χ2n) is 5.65. The zero-order valence-corrected chi connectivity index (χ0v) is 13.9. The Kier molecular flexibility index (Phi) is 5.88. The summed E-state index contributed by atoms with van der Waals surface area (Å²) in [5.74, 6) is -0.000403. The number of aromatic nitrogens is 2. The van der Waals surface area contributed by atoms with Crippen LogP contribution < -0.4 is 5.56 Å². The second kappa shape index (κ2) is 7.67. The highest BCUT2D eigenvalue weighted by atomic mass is 32.2. The van der Waals surface area contributed by atoms with E-state index in [1.807, 2.05) is 18.7 Å². The van der Waals surface area contributed by atoms with E-state index in [0.717, 1.165) is 44.1 Å². The summed E-state index contributed by atoms with van der Waals surface area (Å²) in [4.78, 5) is 32.6. The molecule has 122 valence electrons. The predicted molar refractivity (Wildman–Crippen MR) is 86.4 cm³/mol. The Hall–Kier alpha value is -1.50. The molecule has 6 nitrogen and oxygen atoms in total. The van der Waals surface area contributed by atoms with Gasteiger partial charge < -0.3 is 15.0 Å². The van der Waals surface area contributed by atoms with Crippen molar-refractivity contribution in [2.45, 2.75) is 50.6 Å². The Balaban J connectivity index is 2.01. The molecule has 1 saturated heterocycles. The molecule has 1 atom stereocenters. The molecular weight excluding hydrogens is 302 g/mol. The maximum atomic E-state index is 12.1. The minimum absolute atomic E-state index is 0.0507. The van der Waals surface area contributed by atoms with Crippen LogP contribution in [-0.2, 0) is 4.79 Å². The summed E-state index contributed by atoms with van der Waals surface area (Å²) in [6.45, 7) is 5.44. The quantitative estimate of drug-likeness (QED) is 0.639. The van der Waals surface area contributed by atoms with Gasteiger partial charge in [0, 0.05) is 13.1 Å². The van der Waals surface area contributed by atoms with Crippen molar-refractivity contribution < 1.29 is 9.90 Å². The number of likely N-dealkylation sites (tertiary alicyclic amines) is 1. The number of amides is 1. The minimum atomic E-state index is -0.324. The zero-order valence-electron chi connectivity index (χ0n) is 13.1. The van der Waals surface area contributed by atoms with Crippen molar-refractivity contribution in [1.29, 1.82) is 0 Å². The van der Waals surface area contributed by atoms with Crippen molar-refractivity contribution in [3.8, 4) is 5.88 Å². The van der Waals surface area contributed by atoms with E-state index in [9.17, 15) is 14.7 Å². The maximum Gasteiger partial charge on any atom is 0.258 e. The number of hydrogen-bond donors (Lipinski definition) is 2. The number of nitrogens with zero attached hydrogens (tertiary/aromatic N) is 2. The molecule has 2 heterocycles. The summed E-state index contributed by atoms with van der Waals surface area (Å²) < 4.78 is 0. The van der Waals surface area contributed by atoms with Crippen LogP contribution in [0.15, 0.2) is 9.95 Å². The van der Waals surface area contributed by atoms with Crippen molar-refractivity contribution >= 4 is 17.7 Å². The third kappa shape index (κ3) is 4.03. The molecule has 1 aliphatic rings. The van der Waals surface area contributed by atoms with E-state index in [1.54, 1.807) is 0 Å². The molecule has 1 aromatic heterocycles. The van der Waals surface area contributed by atoms with Crippen LogP contribution >= 0.6 is 11.8 Å². The lowest BCUT2D eigenvalue weighted by Crippen LogP contribution is -2.36. The van der Waals surface area contributed by atoms with Crippen LogP contribution in [0, 0.1) is 0 Å². The summed E-state index contributed by atoms with van der Waals surface area (Å²) in [7, 11) is 0. The van der Waals surface area contributed by atoms with Gasteiger partial charge in [0.2, 0.25) is 11.8 Å². The van der Waals surface area contributed by atoms with E-state index in [4.69, 9.17) is 0 Å². The van der Waals surface area contributed by atoms with Crippen LogP contribution in [0.4, 0.5) is 0 Å². The number of hydrogen-bond acceptors (Lipinski definition) is 5. The van der Waals surface area contributed by atoms with Gasteiger partial charge in [-0.05, 0) is 31.6 Å². The molecule has 0 unspecified atom stereocenters. The van der Waals surface area contributed by atoms with E-state index < -0.39 is 0 Å². The molecule has 22 heavy (non-hydrogen) atoms. The molecule has 0 bridgehead atoms. The Morgan fingerprint density at radius 2 is 2.09 bits per heavy atom. The minimum Gasteiger partial charge on any atom is -0.493 e. The summed E-state index contributed by atoms with van der Waals surface area (Å²) >= 11 is 1.16. The summed E-state index contributed by atoms with van der Waals surface area (Å²) in [6.07, 6.45) is 4.03. The first kappa shape index (κ1) is 16.9. The summed E-state index contributed by atoms with van der Waals surface area (Å²) in [5.41, 5.74) is -0.0102. The molecular formula is C15H23N3O3S. The van der Waals surface area contributed by atoms with Crippen LogP contribution in [0.1, 0.15) is 51.0 Å². The van der Waals surface area contributed by atoms with Gasteiger partial charge >= 0.3 is 0 Å². The van der Waals surface area contributed by atoms with Crippen molar-refractivity contribution in [3.63, 3.8) is 0 Å². The Bertz CT molecular complexity index is 582. The predicted octanol–water partition coefficient (Wildman–Crippen LogP) is 2.09. The molecule has 2 rings (SSSR count). The molecule has 7 heteroatoms. The number of aromatic hydroxyl groups is 1. The number of piperidine rings is 1. The standard InChI is InChI=1S/C15H23N3O3S/c1-3-10(2)12-13(20)16-15(17-14(12)21)22-9-11(19)18-7-5-4-6-8-18/h10H,3-9H2,1-2H3,(H2,16,17,20,21)/t10-/m0/s1. The number of rotatable bonds is 5. The highest BCUT2D eigenvalue weighted by Gasteiger charge is 2.19. The van der Waals surface area contributed by atoms with Gasteiger partial charge in [-0.2, -0.15) is 4.98 Å². The Morgan fingerprint density at radius 3 is 2.68 bits per heavy atom. The molecule has 0 aromatic carbocycles. The van der Waals surface area contributed by atoms with Crippen molar-refractivity contribution in [1.82, 2.24) is 14.9 Å². The smallest absolute Gasteiger partial charge is 0.258 e. The van der Waals surface area contributed by atoms with Crippen molar-refractivity contribution in [2.24, 2.45) is 0 Å². The number of nitrogens with one attached hydrogen (secondary N) is 1. The molecule has 0 saturated carbocycles. The lowest BCUT2D eigenvalue weighted by molar-refractivity contribution is -0.129. The van der Waals surface area contributed by atoms with Gasteiger partial charge in [-0.25, -0.2) is 0 Å². The van der Waals surface area contributed by atoms with Crippen LogP contribution in [0.2, 0.25) is 0 Å². The van der Waals surface area contributed by atoms with E-state index in [-0.39, 0.29) is 29.0 Å². The summed E-state index contributed by atoms with van der Waals surface area (Å²) in [5, 5.41) is 10.2. The first-order valence-corrected chi connectivity index (χ1v) is 8.75. The number of H-pyrrole nitrogens is 1. The van der Waals surface area contributed by atoms with Gasteiger partial charge in [0.15, 0.2) is 5.16 Å². The third-order valence-electron chi connectivity index (χ3n) is 4.06. The molecule has 0 spiro atoms. The average Bonchev–Trinajstić information content (AvgIpc) is 2.52. The van der Waals surface area contributed by atoms with Gasteiger partial charge in [0.05, 0.1) is 11.3 Å². The highest BCUT2D eigenvalue weighted by molar-refractivity contribution is 7.99. The molecule has 0 radical (unpaired) electrons. The topological polar surface area (TPSA) is 86.3 Å². The van der Waals surface area contributed by atoms with Gasteiger partial charge in [-0.15, -0.1) is 0 Å². The number of carbonyl (C=O) groups is 1.